The molecule has 41 heavy (non-hydrogen) atoms. The fraction of sp³-hybridized carbons (Fsp3) is 0.357. The fourth-order valence-corrected chi connectivity index (χ4v) is 5.61. The molecule has 3 nitrogen and oxygen atoms in total. The zero-order chi connectivity index (χ0) is 30.1. The Morgan fingerprint density at radius 2 is 1.54 bits per heavy atom. The molecule has 0 radical (unpaired) electrons. The van der Waals surface area contributed by atoms with Gasteiger partial charge in [0, 0.05) is 15.2 Å². The maximum absolute atomic E-state index is 15.1. The van der Waals surface area contributed by atoms with E-state index >= 15 is 8.78 Å². The fourth-order valence-electron chi connectivity index (χ4n) is 4.68. The molecule has 0 bridgehead atoms. The highest BCUT2D eigenvalue weighted by molar-refractivity contribution is 14.1. The summed E-state index contributed by atoms with van der Waals surface area (Å²) in [5, 5.41) is 0. The first kappa shape index (κ1) is 31.3. The van der Waals surface area contributed by atoms with Gasteiger partial charge in [0.05, 0.1) is 12.7 Å². The predicted octanol–water partition coefficient (Wildman–Crippen LogP) is 9.81. The van der Waals surface area contributed by atoms with Gasteiger partial charge in [-0.15, -0.1) is 13.2 Å². The molecular formula is C28H22F9IO3. The van der Waals surface area contributed by atoms with Crippen molar-refractivity contribution in [3.05, 3.63) is 80.4 Å². The van der Waals surface area contributed by atoms with Crippen LogP contribution in [0.25, 0.3) is 11.1 Å². The van der Waals surface area contributed by atoms with Crippen molar-refractivity contribution in [2.24, 2.45) is 5.92 Å². The van der Waals surface area contributed by atoms with Crippen molar-refractivity contribution in [2.75, 3.05) is 6.61 Å². The summed E-state index contributed by atoms with van der Waals surface area (Å²) in [5.74, 6) is -8.16. The first-order valence-corrected chi connectivity index (χ1v) is 13.5. The minimum Gasteiger partial charge on any atom is -0.429 e. The van der Waals surface area contributed by atoms with Crippen LogP contribution in [-0.4, -0.2) is 13.0 Å². The van der Waals surface area contributed by atoms with Gasteiger partial charge in [0.15, 0.2) is 11.6 Å². The van der Waals surface area contributed by atoms with Crippen molar-refractivity contribution in [2.45, 2.75) is 51.2 Å². The molecule has 0 aliphatic carbocycles. The number of halogens is 10. The maximum atomic E-state index is 15.1. The lowest BCUT2D eigenvalue weighted by Crippen LogP contribution is -2.26. The van der Waals surface area contributed by atoms with Crippen molar-refractivity contribution >= 4 is 22.6 Å². The molecule has 1 saturated heterocycles. The van der Waals surface area contributed by atoms with Crippen LogP contribution in [0.1, 0.15) is 49.8 Å². The highest BCUT2D eigenvalue weighted by Crippen LogP contribution is 2.41. The molecule has 3 aromatic rings. The minimum atomic E-state index is -5.38. The molecule has 1 aliphatic rings. The van der Waals surface area contributed by atoms with Crippen molar-refractivity contribution in [3.8, 4) is 22.6 Å². The monoisotopic (exact) mass is 704 g/mol. The quantitative estimate of drug-likeness (QED) is 0.173. The van der Waals surface area contributed by atoms with E-state index in [1.165, 1.54) is 6.07 Å². The normalized spacial score (nSPS) is 17.9. The summed E-state index contributed by atoms with van der Waals surface area (Å²) >= 11 is 1.55. The average molecular weight is 704 g/mol. The van der Waals surface area contributed by atoms with E-state index in [1.54, 1.807) is 22.6 Å². The van der Waals surface area contributed by atoms with Crippen LogP contribution < -0.4 is 9.47 Å². The van der Waals surface area contributed by atoms with Crippen molar-refractivity contribution < 1.29 is 53.7 Å². The first-order valence-electron chi connectivity index (χ1n) is 12.4. The maximum Gasteiger partial charge on any atom is 0.573 e. The van der Waals surface area contributed by atoms with Crippen molar-refractivity contribution in [1.29, 1.82) is 0 Å². The Labute approximate surface area is 242 Å². The van der Waals surface area contributed by atoms with E-state index in [0.717, 1.165) is 37.5 Å². The van der Waals surface area contributed by atoms with E-state index < -0.39 is 70.0 Å². The highest BCUT2D eigenvalue weighted by Gasteiger charge is 2.41. The molecule has 0 spiro atoms. The van der Waals surface area contributed by atoms with Gasteiger partial charge in [0.1, 0.15) is 22.9 Å². The van der Waals surface area contributed by atoms with Crippen LogP contribution >= 0.6 is 22.6 Å². The van der Waals surface area contributed by atoms with Crippen LogP contribution in [0.4, 0.5) is 39.5 Å². The summed E-state index contributed by atoms with van der Waals surface area (Å²) in [4.78, 5) is 0. The largest absolute Gasteiger partial charge is 0.573 e. The molecule has 13 heteroatoms. The summed E-state index contributed by atoms with van der Waals surface area (Å²) in [7, 11) is 0. The van der Waals surface area contributed by atoms with Crippen LogP contribution in [0, 0.1) is 32.8 Å². The van der Waals surface area contributed by atoms with Crippen molar-refractivity contribution in [3.63, 3.8) is 0 Å². The van der Waals surface area contributed by atoms with Crippen LogP contribution in [0.2, 0.25) is 0 Å². The SMILES string of the molecule is CCCC1CCC(c2cc(F)c(C(F)(F)Oc3ccc(-c4cc(F)c(OC(F)(F)F)c(F)c4)c(F)c3)c(I)c2)OC1. The number of hydrogen-bond acceptors (Lipinski definition) is 3. The lowest BCUT2D eigenvalue weighted by atomic mass is 9.91. The Hall–Kier alpha value is -2.68. The second-order valence-electron chi connectivity index (χ2n) is 9.49. The Kier molecular flexibility index (Phi) is 9.36. The standard InChI is InChI=1S/C28H22F9IO3/c1-2-3-14-4-7-24(39-13-14)16-10-20(30)25(23(38)11-16)27(33,34)40-17-5-6-18(19(29)12-17)15-8-21(31)26(22(32)9-15)41-28(35,36)37/h5-6,8-12,14,24H,2-4,7,13H2,1H3. The van der Waals surface area contributed by atoms with Crippen LogP contribution in [0.15, 0.2) is 42.5 Å². The lowest BCUT2D eigenvalue weighted by Gasteiger charge is -2.30. The van der Waals surface area contributed by atoms with Crippen LogP contribution in [-0.2, 0) is 10.8 Å². The third kappa shape index (κ3) is 7.40. The molecule has 0 N–H and O–H groups in total. The zero-order valence-corrected chi connectivity index (χ0v) is 23.4. The molecule has 3 aromatic carbocycles. The molecule has 0 aromatic heterocycles. The molecule has 2 unspecified atom stereocenters. The van der Waals surface area contributed by atoms with Gasteiger partial charge in [-0.1, -0.05) is 13.3 Å². The van der Waals surface area contributed by atoms with E-state index in [2.05, 4.69) is 16.4 Å². The summed E-state index contributed by atoms with van der Waals surface area (Å²) in [6, 6.07) is 5.24. The van der Waals surface area contributed by atoms with Crippen LogP contribution in [0.3, 0.4) is 0 Å². The minimum absolute atomic E-state index is 0.147. The summed E-state index contributed by atoms with van der Waals surface area (Å²) < 4.78 is 139. The third-order valence-corrected chi connectivity index (χ3v) is 7.36. The van der Waals surface area contributed by atoms with E-state index in [1.807, 2.05) is 0 Å². The second-order valence-corrected chi connectivity index (χ2v) is 10.7. The summed E-state index contributed by atoms with van der Waals surface area (Å²) in [6.07, 6.45) is -6.58. The lowest BCUT2D eigenvalue weighted by molar-refractivity contribution is -0.276. The van der Waals surface area contributed by atoms with Gasteiger partial charge in [-0.05, 0) is 95.3 Å². The van der Waals surface area contributed by atoms with Gasteiger partial charge >= 0.3 is 12.5 Å². The number of alkyl halides is 5. The average Bonchev–Trinajstić information content (AvgIpc) is 2.85. The molecule has 4 rings (SSSR count). The van der Waals surface area contributed by atoms with Gasteiger partial charge in [-0.2, -0.15) is 8.78 Å². The van der Waals surface area contributed by atoms with Gasteiger partial charge in [-0.3, -0.25) is 0 Å². The van der Waals surface area contributed by atoms with Gasteiger partial charge in [0.2, 0.25) is 5.75 Å². The van der Waals surface area contributed by atoms with E-state index in [4.69, 9.17) is 4.74 Å². The van der Waals surface area contributed by atoms with E-state index in [-0.39, 0.29) is 3.57 Å². The van der Waals surface area contributed by atoms with Crippen LogP contribution in [0.5, 0.6) is 11.5 Å². The molecule has 222 valence electrons. The molecule has 1 aliphatic heterocycles. The molecule has 2 atom stereocenters. The summed E-state index contributed by atoms with van der Waals surface area (Å²) in [6.45, 7) is 2.55. The van der Waals surface area contributed by atoms with Gasteiger partial charge in [0.25, 0.3) is 0 Å². The van der Waals surface area contributed by atoms with Crippen molar-refractivity contribution in [1.82, 2.24) is 0 Å². The topological polar surface area (TPSA) is 27.7 Å². The summed E-state index contributed by atoms with van der Waals surface area (Å²) in [5.41, 5.74) is -1.73. The molecule has 1 heterocycles. The smallest absolute Gasteiger partial charge is 0.429 e. The molecular weight excluding hydrogens is 682 g/mol. The Bertz CT molecular complexity index is 1360. The van der Waals surface area contributed by atoms with E-state index in [0.29, 0.717) is 42.7 Å². The number of rotatable bonds is 8. The number of benzene rings is 3. The second kappa shape index (κ2) is 12.3. The van der Waals surface area contributed by atoms with Gasteiger partial charge in [-0.25, -0.2) is 17.6 Å². The number of hydrogen-bond donors (Lipinski definition) is 0. The Morgan fingerprint density at radius 3 is 2.07 bits per heavy atom. The third-order valence-electron chi connectivity index (χ3n) is 6.51. The Morgan fingerprint density at radius 1 is 0.854 bits per heavy atom. The molecule has 0 amide bonds. The van der Waals surface area contributed by atoms with Gasteiger partial charge < -0.3 is 14.2 Å². The zero-order valence-electron chi connectivity index (χ0n) is 21.2. The highest BCUT2D eigenvalue weighted by atomic mass is 127. The Balaban J connectivity index is 1.53. The molecule has 1 fully saturated rings. The molecule has 0 saturated carbocycles. The predicted molar refractivity (Wildman–Crippen MR) is 138 cm³/mol. The number of ether oxygens (including phenoxy) is 3. The first-order chi connectivity index (χ1) is 19.2. The van der Waals surface area contributed by atoms with E-state index in [9.17, 15) is 30.7 Å².